The van der Waals surface area contributed by atoms with Crippen LogP contribution >= 0.6 is 0 Å². The lowest BCUT2D eigenvalue weighted by Crippen LogP contribution is -2.27. The molecule has 13 heteroatoms. The van der Waals surface area contributed by atoms with E-state index in [-0.39, 0.29) is 23.0 Å². The fourth-order valence-electron chi connectivity index (χ4n) is 3.58. The summed E-state index contributed by atoms with van der Waals surface area (Å²) >= 11 is 0. The number of hydrogen-bond donors (Lipinski definition) is 2. The molecule has 2 N–H and O–H groups in total. The van der Waals surface area contributed by atoms with E-state index < -0.39 is 56.6 Å². The Labute approximate surface area is 206 Å². The number of hydrogen-bond acceptors (Lipinski definition) is 8. The fraction of sp³-hybridized carbons (Fsp3) is 0.478. The van der Waals surface area contributed by atoms with Crippen molar-refractivity contribution in [2.24, 2.45) is 16.1 Å². The van der Waals surface area contributed by atoms with Crippen LogP contribution in [0.2, 0.25) is 0 Å². The Kier molecular flexibility index (Phi) is 9.77. The van der Waals surface area contributed by atoms with Crippen LogP contribution in [-0.4, -0.2) is 35.6 Å². The second-order valence-corrected chi connectivity index (χ2v) is 10.2. The molecule has 1 aromatic carbocycles. The predicted octanol–water partition coefficient (Wildman–Crippen LogP) is 4.84. The van der Waals surface area contributed by atoms with Gasteiger partial charge in [0.2, 0.25) is 5.88 Å². The maximum atomic E-state index is 13.9. The van der Waals surface area contributed by atoms with Gasteiger partial charge in [0.15, 0.2) is 15.5 Å². The molecule has 0 bridgehead atoms. The van der Waals surface area contributed by atoms with Crippen molar-refractivity contribution in [3.05, 3.63) is 45.7 Å². The van der Waals surface area contributed by atoms with E-state index in [1.807, 2.05) is 13.8 Å². The molecule has 0 saturated carbocycles. The summed E-state index contributed by atoms with van der Waals surface area (Å²) in [5, 5.41) is 35.9. The number of unbranched alkanes of at least 4 members (excludes halogenated alkanes) is 1. The molecule has 196 valence electrons. The Morgan fingerprint density at radius 2 is 1.81 bits per heavy atom. The SMILES string of the molecule is CCCCC(CC)Cn1c(O)c(C#N)c(C(F)(F)F)c(N=Nc2ccc(S(=O)(=O)CCO)cc2)c1=O. The van der Waals surface area contributed by atoms with Gasteiger partial charge in [-0.15, -0.1) is 5.11 Å². The van der Waals surface area contributed by atoms with Crippen molar-refractivity contribution in [2.75, 3.05) is 12.4 Å². The number of aliphatic hydroxyl groups is 1. The lowest BCUT2D eigenvalue weighted by Gasteiger charge is -2.20. The third-order valence-electron chi connectivity index (χ3n) is 5.61. The molecule has 1 aromatic heterocycles. The van der Waals surface area contributed by atoms with Crippen molar-refractivity contribution in [1.82, 2.24) is 4.57 Å². The number of aliphatic hydroxyl groups excluding tert-OH is 1. The summed E-state index contributed by atoms with van der Waals surface area (Å²) in [6.07, 6.45) is -2.24. The molecule has 0 radical (unpaired) electrons. The second-order valence-electron chi connectivity index (χ2n) is 8.10. The van der Waals surface area contributed by atoms with Gasteiger partial charge in [-0.25, -0.2) is 8.42 Å². The van der Waals surface area contributed by atoms with Crippen LogP contribution < -0.4 is 5.56 Å². The zero-order valence-corrected chi connectivity index (χ0v) is 20.6. The largest absolute Gasteiger partial charge is 0.493 e. The molecule has 0 aliphatic carbocycles. The fourth-order valence-corrected chi connectivity index (χ4v) is 4.61. The molecule has 0 aliphatic rings. The van der Waals surface area contributed by atoms with Crippen LogP contribution in [0.15, 0.2) is 44.2 Å². The number of sulfone groups is 1. The van der Waals surface area contributed by atoms with Crippen molar-refractivity contribution in [1.29, 1.82) is 5.26 Å². The van der Waals surface area contributed by atoms with Crippen LogP contribution in [0.25, 0.3) is 0 Å². The molecule has 0 saturated heterocycles. The van der Waals surface area contributed by atoms with Crippen LogP contribution in [-0.2, 0) is 22.6 Å². The molecule has 0 amide bonds. The molecular weight excluding hydrogens is 501 g/mol. The van der Waals surface area contributed by atoms with Gasteiger partial charge in [0, 0.05) is 6.54 Å². The Morgan fingerprint density at radius 1 is 1.17 bits per heavy atom. The van der Waals surface area contributed by atoms with E-state index in [2.05, 4.69) is 10.2 Å². The lowest BCUT2D eigenvalue weighted by atomic mass is 9.98. The summed E-state index contributed by atoms with van der Waals surface area (Å²) in [4.78, 5) is 12.9. The van der Waals surface area contributed by atoms with Gasteiger partial charge in [0.1, 0.15) is 17.2 Å². The standard InChI is InChI=1S/C23H27F3N4O5S/c1-3-5-6-15(4-2)14-30-21(32)18(13-27)19(23(24,25)26)20(22(30)33)29-28-16-7-9-17(10-8-16)36(34,35)12-11-31/h7-10,15,31-32H,3-6,11-12,14H2,1-2H3. The summed E-state index contributed by atoms with van der Waals surface area (Å²) in [6.45, 7) is 3.13. The number of nitrogens with zero attached hydrogens (tertiary/aromatic N) is 4. The van der Waals surface area contributed by atoms with E-state index in [1.54, 1.807) is 0 Å². The third-order valence-corrected chi connectivity index (χ3v) is 7.32. The van der Waals surface area contributed by atoms with Gasteiger partial charge in [0.25, 0.3) is 5.56 Å². The normalized spacial score (nSPS) is 13.1. The Hall–Kier alpha value is -3.24. The van der Waals surface area contributed by atoms with E-state index in [0.29, 0.717) is 12.8 Å². The average molecular weight is 529 g/mol. The van der Waals surface area contributed by atoms with Crippen LogP contribution in [0, 0.1) is 17.2 Å². The minimum Gasteiger partial charge on any atom is -0.493 e. The molecule has 1 heterocycles. The summed E-state index contributed by atoms with van der Waals surface area (Å²) in [6, 6.07) is 5.94. The Bertz CT molecular complexity index is 1300. The first kappa shape index (κ1) is 29.0. The summed E-state index contributed by atoms with van der Waals surface area (Å²) in [5.41, 5.74) is -5.29. The van der Waals surface area contributed by atoms with Gasteiger partial charge in [-0.1, -0.05) is 33.1 Å². The number of halogens is 3. The van der Waals surface area contributed by atoms with E-state index in [4.69, 9.17) is 5.11 Å². The van der Waals surface area contributed by atoms with E-state index >= 15 is 0 Å². The first-order chi connectivity index (χ1) is 16.9. The minimum atomic E-state index is -5.19. The molecule has 36 heavy (non-hydrogen) atoms. The van der Waals surface area contributed by atoms with Gasteiger partial charge in [-0.2, -0.15) is 23.5 Å². The maximum Gasteiger partial charge on any atom is 0.420 e. The first-order valence-corrected chi connectivity index (χ1v) is 12.9. The summed E-state index contributed by atoms with van der Waals surface area (Å²) in [5.74, 6) is -1.72. The smallest absolute Gasteiger partial charge is 0.420 e. The zero-order valence-electron chi connectivity index (χ0n) is 19.8. The summed E-state index contributed by atoms with van der Waals surface area (Å²) < 4.78 is 66.3. The molecule has 9 nitrogen and oxygen atoms in total. The van der Waals surface area contributed by atoms with Gasteiger partial charge in [-0.3, -0.25) is 9.36 Å². The molecular formula is C23H27F3N4O5S. The summed E-state index contributed by atoms with van der Waals surface area (Å²) in [7, 11) is -3.76. The zero-order chi connectivity index (χ0) is 27.1. The monoisotopic (exact) mass is 528 g/mol. The predicted molar refractivity (Wildman–Crippen MR) is 125 cm³/mol. The highest BCUT2D eigenvalue weighted by molar-refractivity contribution is 7.91. The number of benzene rings is 1. The number of nitriles is 1. The van der Waals surface area contributed by atoms with Gasteiger partial charge >= 0.3 is 6.18 Å². The molecule has 0 spiro atoms. The number of rotatable bonds is 11. The topological polar surface area (TPSA) is 145 Å². The molecule has 0 fully saturated rings. The number of aromatic nitrogens is 1. The van der Waals surface area contributed by atoms with Gasteiger partial charge < -0.3 is 10.2 Å². The van der Waals surface area contributed by atoms with E-state index in [0.717, 1.165) is 29.5 Å². The van der Waals surface area contributed by atoms with Crippen molar-refractivity contribution < 1.29 is 31.8 Å². The van der Waals surface area contributed by atoms with Gasteiger partial charge in [-0.05, 0) is 36.6 Å². The molecule has 1 unspecified atom stereocenters. The van der Waals surface area contributed by atoms with Gasteiger partial charge in [0.05, 0.1) is 22.9 Å². The van der Waals surface area contributed by atoms with Crippen LogP contribution in [0.3, 0.4) is 0 Å². The third kappa shape index (κ3) is 6.70. The van der Waals surface area contributed by atoms with Crippen LogP contribution in [0.1, 0.15) is 50.7 Å². The van der Waals surface area contributed by atoms with E-state index in [1.165, 1.54) is 18.2 Å². The Balaban J connectivity index is 2.64. The Morgan fingerprint density at radius 3 is 2.31 bits per heavy atom. The molecule has 1 atom stereocenters. The second kappa shape index (κ2) is 12.1. The highest BCUT2D eigenvalue weighted by Crippen LogP contribution is 2.40. The van der Waals surface area contributed by atoms with Crippen molar-refractivity contribution in [3.8, 4) is 11.9 Å². The number of azo groups is 1. The minimum absolute atomic E-state index is 0.0574. The van der Waals surface area contributed by atoms with Crippen LogP contribution in [0.5, 0.6) is 5.88 Å². The van der Waals surface area contributed by atoms with Crippen molar-refractivity contribution in [2.45, 2.75) is 57.1 Å². The highest BCUT2D eigenvalue weighted by atomic mass is 32.2. The number of aromatic hydroxyl groups is 1. The number of pyridine rings is 1. The highest BCUT2D eigenvalue weighted by Gasteiger charge is 2.41. The van der Waals surface area contributed by atoms with Crippen LogP contribution in [0.4, 0.5) is 24.5 Å². The first-order valence-electron chi connectivity index (χ1n) is 11.2. The van der Waals surface area contributed by atoms with Crippen molar-refractivity contribution in [3.63, 3.8) is 0 Å². The lowest BCUT2D eigenvalue weighted by molar-refractivity contribution is -0.137. The van der Waals surface area contributed by atoms with E-state index in [9.17, 15) is 36.8 Å². The molecule has 2 rings (SSSR count). The maximum absolute atomic E-state index is 13.9. The average Bonchev–Trinajstić information content (AvgIpc) is 2.82. The van der Waals surface area contributed by atoms with Crippen molar-refractivity contribution >= 4 is 21.2 Å². The molecule has 0 aliphatic heterocycles. The quantitative estimate of drug-likeness (QED) is 0.399. The number of alkyl halides is 3. The molecule has 2 aromatic rings.